The summed E-state index contributed by atoms with van der Waals surface area (Å²) >= 11 is 0. The van der Waals surface area contributed by atoms with Gasteiger partial charge < -0.3 is 0 Å². The van der Waals surface area contributed by atoms with Crippen molar-refractivity contribution in [3.8, 4) is 22.2 Å². The standard InChI is InChI=1S/C56H82Si4/c1-37(2)57(38(3)4,39(5)6)29-31-59(43(13)14,44(15)16)55-51-33-47-25-21-23-27-49(47)35-53(51)56(54-36-50-28-24-22-26-48(50)34-52(54)55)60(45(17)18,46(19)20)32-30-58(40(7)8,41(9)10)42(11)12/h21-28,33-46H,1-20H3. The zero-order valence-electron chi connectivity index (χ0n) is 41.7. The molecule has 0 aliphatic carbocycles. The van der Waals surface area contributed by atoms with E-state index in [0.29, 0.717) is 55.4 Å². The van der Waals surface area contributed by atoms with E-state index in [1.165, 1.54) is 43.1 Å². The summed E-state index contributed by atoms with van der Waals surface area (Å²) in [5.74, 6) is 0. The molecule has 0 fully saturated rings. The van der Waals surface area contributed by atoms with E-state index in [0.717, 1.165) is 0 Å². The van der Waals surface area contributed by atoms with Gasteiger partial charge in [-0.2, -0.15) is 0 Å². The van der Waals surface area contributed by atoms with Gasteiger partial charge in [0.2, 0.25) is 0 Å². The second kappa shape index (κ2) is 18.1. The van der Waals surface area contributed by atoms with Gasteiger partial charge in [-0.25, -0.2) is 0 Å². The molecule has 0 radical (unpaired) electrons. The highest BCUT2D eigenvalue weighted by Gasteiger charge is 2.50. The summed E-state index contributed by atoms with van der Waals surface area (Å²) in [5.41, 5.74) is 23.1. The number of hydrogen-bond donors (Lipinski definition) is 0. The van der Waals surface area contributed by atoms with Crippen LogP contribution in [0.3, 0.4) is 0 Å². The molecule has 322 valence electrons. The van der Waals surface area contributed by atoms with Gasteiger partial charge in [0.25, 0.3) is 0 Å². The molecule has 5 aromatic carbocycles. The van der Waals surface area contributed by atoms with Gasteiger partial charge in [-0.1, -0.05) is 187 Å². The minimum absolute atomic E-state index is 0.421. The molecular formula is C56H82Si4. The van der Waals surface area contributed by atoms with Gasteiger partial charge in [0.1, 0.15) is 16.1 Å². The van der Waals surface area contributed by atoms with Gasteiger partial charge in [-0.3, -0.25) is 0 Å². The lowest BCUT2D eigenvalue weighted by Gasteiger charge is -2.43. The third-order valence-electron chi connectivity index (χ3n) is 16.0. The van der Waals surface area contributed by atoms with E-state index in [-0.39, 0.29) is 0 Å². The first-order valence-electron chi connectivity index (χ1n) is 23.9. The molecule has 0 saturated carbocycles. The lowest BCUT2D eigenvalue weighted by Crippen LogP contribution is -2.57. The minimum Gasteiger partial charge on any atom is -0.137 e. The van der Waals surface area contributed by atoms with Crippen LogP contribution in [0.1, 0.15) is 138 Å². The lowest BCUT2D eigenvalue weighted by molar-refractivity contribution is 0.838. The van der Waals surface area contributed by atoms with Crippen LogP contribution in [0.15, 0.2) is 72.8 Å². The maximum Gasteiger partial charge on any atom is 0.174 e. The van der Waals surface area contributed by atoms with Gasteiger partial charge in [0.05, 0.1) is 0 Å². The SMILES string of the molecule is CC(C)[Si](C#C[Si](C(C)C)(C(C)C)C(C)C)(c1c2cc3ccccc3cc2c([Si](C#C[Si](C(C)C)(C(C)C)C(C)C)(C(C)C)C(C)C)c2cc3ccccc3cc12)C(C)C. The average Bonchev–Trinajstić information content (AvgIpc) is 3.15. The molecule has 0 saturated heterocycles. The minimum atomic E-state index is -2.65. The van der Waals surface area contributed by atoms with Crippen molar-refractivity contribution in [3.05, 3.63) is 72.8 Å². The van der Waals surface area contributed by atoms with Gasteiger partial charge in [-0.05, 0) is 133 Å². The Morgan fingerprint density at radius 3 is 0.650 bits per heavy atom. The van der Waals surface area contributed by atoms with E-state index < -0.39 is 32.3 Å². The molecule has 0 heterocycles. The highest BCUT2D eigenvalue weighted by molar-refractivity contribution is 7.07. The van der Waals surface area contributed by atoms with Crippen molar-refractivity contribution in [2.75, 3.05) is 0 Å². The van der Waals surface area contributed by atoms with Gasteiger partial charge >= 0.3 is 0 Å². The summed E-state index contributed by atoms with van der Waals surface area (Å²) in [4.78, 5) is 0. The molecule has 0 N–H and O–H groups in total. The van der Waals surface area contributed by atoms with Crippen molar-refractivity contribution in [2.45, 2.75) is 194 Å². The van der Waals surface area contributed by atoms with Crippen LogP contribution in [0.5, 0.6) is 0 Å². The van der Waals surface area contributed by atoms with E-state index in [1.54, 1.807) is 10.4 Å². The average molecular weight is 868 g/mol. The molecular weight excluding hydrogens is 785 g/mol. The predicted octanol–water partition coefficient (Wildman–Crippen LogP) is 16.8. The van der Waals surface area contributed by atoms with Crippen molar-refractivity contribution in [1.29, 1.82) is 0 Å². The first-order valence-corrected chi connectivity index (χ1v) is 32.7. The fourth-order valence-electron chi connectivity index (χ4n) is 13.0. The third-order valence-corrected chi connectivity index (χ3v) is 40.2. The van der Waals surface area contributed by atoms with Crippen LogP contribution in [0.4, 0.5) is 0 Å². The number of fused-ring (bicyclic) bond motifs is 4. The maximum absolute atomic E-state index is 4.54. The number of benzene rings is 5. The second-order valence-corrected chi connectivity index (χ2v) is 42.6. The zero-order chi connectivity index (χ0) is 44.9. The topological polar surface area (TPSA) is 0 Å². The Kier molecular flexibility index (Phi) is 14.5. The van der Waals surface area contributed by atoms with Gasteiger partial charge in [0, 0.05) is 0 Å². The maximum atomic E-state index is 4.54. The van der Waals surface area contributed by atoms with E-state index in [1.807, 2.05) is 0 Å². The van der Waals surface area contributed by atoms with Crippen molar-refractivity contribution < 1.29 is 0 Å². The molecule has 60 heavy (non-hydrogen) atoms. The van der Waals surface area contributed by atoms with Crippen LogP contribution in [-0.2, 0) is 0 Å². The van der Waals surface area contributed by atoms with E-state index in [9.17, 15) is 0 Å². The molecule has 5 rings (SSSR count). The summed E-state index contributed by atoms with van der Waals surface area (Å²) in [7, 11) is -9.39. The van der Waals surface area contributed by atoms with Crippen molar-refractivity contribution in [3.63, 3.8) is 0 Å². The van der Waals surface area contributed by atoms with Crippen LogP contribution >= 0.6 is 0 Å². The Labute approximate surface area is 372 Å². The van der Waals surface area contributed by atoms with Crippen LogP contribution < -0.4 is 10.4 Å². The zero-order valence-corrected chi connectivity index (χ0v) is 45.7. The van der Waals surface area contributed by atoms with Crippen LogP contribution in [0.2, 0.25) is 55.4 Å². The summed E-state index contributed by atoms with van der Waals surface area (Å²) in [6, 6.07) is 28.8. The highest BCUT2D eigenvalue weighted by atomic mass is 28.3. The first-order chi connectivity index (χ1) is 28.0. The monoisotopic (exact) mass is 867 g/mol. The summed E-state index contributed by atoms with van der Waals surface area (Å²) in [5, 5.41) is 14.3. The molecule has 5 aromatic rings. The van der Waals surface area contributed by atoms with E-state index in [4.69, 9.17) is 0 Å². The normalized spacial score (nSPS) is 13.6. The molecule has 0 aromatic heterocycles. The molecule has 0 amide bonds. The van der Waals surface area contributed by atoms with E-state index in [2.05, 4.69) is 233 Å². The molecule has 0 spiro atoms. The largest absolute Gasteiger partial charge is 0.174 e. The lowest BCUT2D eigenvalue weighted by atomic mass is 9.97. The van der Waals surface area contributed by atoms with Crippen molar-refractivity contribution in [1.82, 2.24) is 0 Å². The van der Waals surface area contributed by atoms with Crippen LogP contribution in [0.25, 0.3) is 43.1 Å². The molecule has 0 atom stereocenters. The summed E-state index contributed by atoms with van der Waals surface area (Å²) in [6.07, 6.45) is 0. The first kappa shape index (κ1) is 48.2. The van der Waals surface area contributed by atoms with Crippen molar-refractivity contribution >= 4 is 85.8 Å². The number of hydrogen-bond acceptors (Lipinski definition) is 0. The van der Waals surface area contributed by atoms with E-state index >= 15 is 0 Å². The molecule has 4 heteroatoms. The Bertz CT molecular complexity index is 2120. The Hall–Kier alpha value is -2.87. The molecule has 0 aliphatic rings. The van der Waals surface area contributed by atoms with Gasteiger partial charge in [-0.15, -0.1) is 22.2 Å². The fourth-order valence-corrected chi connectivity index (χ4v) is 35.1. The smallest absolute Gasteiger partial charge is 0.137 e. The predicted molar refractivity (Wildman–Crippen MR) is 285 cm³/mol. The third kappa shape index (κ3) is 7.67. The van der Waals surface area contributed by atoms with Crippen molar-refractivity contribution in [2.24, 2.45) is 0 Å². The Balaban J connectivity index is 2.22. The quantitative estimate of drug-likeness (QED) is 0.0666. The summed E-state index contributed by atoms with van der Waals surface area (Å²) in [6.45, 7) is 49.9. The molecule has 0 unspecified atom stereocenters. The Morgan fingerprint density at radius 1 is 0.283 bits per heavy atom. The van der Waals surface area contributed by atoms with Crippen LogP contribution in [-0.4, -0.2) is 32.3 Å². The fraction of sp³-hybridized carbons (Fsp3) is 0.536. The number of rotatable bonds is 12. The highest BCUT2D eigenvalue weighted by Crippen LogP contribution is 2.46. The second-order valence-electron chi connectivity index (χ2n) is 21.9. The molecule has 0 bridgehead atoms. The van der Waals surface area contributed by atoms with Gasteiger partial charge in [0.15, 0.2) is 16.1 Å². The Morgan fingerprint density at radius 2 is 0.483 bits per heavy atom. The van der Waals surface area contributed by atoms with Crippen LogP contribution in [0, 0.1) is 22.2 Å². The molecule has 0 aliphatic heterocycles. The molecule has 0 nitrogen and oxygen atoms in total. The summed E-state index contributed by atoms with van der Waals surface area (Å²) < 4.78 is 0.